The van der Waals surface area contributed by atoms with Crippen molar-refractivity contribution >= 4 is 12.4 Å². The molecule has 0 saturated heterocycles. The van der Waals surface area contributed by atoms with Gasteiger partial charge in [0.25, 0.3) is 0 Å². The van der Waals surface area contributed by atoms with E-state index in [2.05, 4.69) is 0 Å². The third kappa shape index (κ3) is 16.9. The van der Waals surface area contributed by atoms with Gasteiger partial charge >= 0.3 is 17.1 Å². The van der Waals surface area contributed by atoms with Crippen molar-refractivity contribution < 1.29 is 87.1 Å². The Bertz CT molecular complexity index is 1860. The number of methoxy groups -OCH3 is 4. The summed E-state index contributed by atoms with van der Waals surface area (Å²) in [6, 6.07) is 22.4. The number of phenols is 2. The van der Waals surface area contributed by atoms with Gasteiger partial charge in [0.15, 0.2) is 23.0 Å². The maximum absolute atomic E-state index is 11.2. The third-order valence-electron chi connectivity index (χ3n) is 10.1. The van der Waals surface area contributed by atoms with Crippen LogP contribution in [0, 0.1) is 0 Å². The molecular formula is C48H62ClMnN2O12+. The summed E-state index contributed by atoms with van der Waals surface area (Å²) < 4.78 is 55.7. The minimum atomic E-state index is -0.157. The zero-order valence-corrected chi connectivity index (χ0v) is 39.1. The van der Waals surface area contributed by atoms with Gasteiger partial charge in [0, 0.05) is 48.9 Å². The molecule has 64 heavy (non-hydrogen) atoms. The fraction of sp³-hybridized carbons (Fsp3) is 0.458. The number of para-hydroxylation sites is 2. The molecule has 2 N–H and O–H groups in total. The second kappa shape index (κ2) is 30.7. The average Bonchev–Trinajstić information content (AvgIpc) is 3.30. The molecule has 4 aromatic rings. The Kier molecular flexibility index (Phi) is 25.8. The van der Waals surface area contributed by atoms with Gasteiger partial charge < -0.3 is 70.0 Å². The summed E-state index contributed by atoms with van der Waals surface area (Å²) in [6.45, 7) is 5.52. The molecule has 4 aromatic carbocycles. The largest absolute Gasteiger partial charge is 2.00 e. The van der Waals surface area contributed by atoms with Crippen LogP contribution in [0.2, 0.25) is 0 Å². The number of rotatable bonds is 28. The van der Waals surface area contributed by atoms with E-state index in [9.17, 15) is 10.2 Å². The van der Waals surface area contributed by atoms with E-state index >= 15 is 0 Å². The van der Waals surface area contributed by atoms with E-state index in [1.807, 2.05) is 60.7 Å². The Morgan fingerprint density at radius 2 is 0.859 bits per heavy atom. The predicted octanol–water partition coefficient (Wildman–Crippen LogP) is 4.42. The average molecular weight is 949 g/mol. The standard InChI is InChI=1S/C48H62N2O12.ClH.Mn/c1-53-17-19-57-21-23-59-25-27-61-43-15-9-5-11-39(43)35-29-37(47(51)45(31-35)55-3)33-49-41-13-7-8-14-42(41)50-34-38-30-36(32-46(56-4)48(38)52)40-12-6-10-16-44(40)62-28-26-60-24-22-58-20-18-54-2;;/h5-6,9-12,15-16,29-34,41-42,51-52H,7-8,13-14,17-28H2,1-4H3;1H;/q;;+2/p-1. The van der Waals surface area contributed by atoms with Crippen LogP contribution in [0.25, 0.3) is 22.3 Å². The molecule has 1 radical (unpaired) electrons. The maximum atomic E-state index is 11.2. The van der Waals surface area contributed by atoms with E-state index in [-0.39, 0.29) is 53.1 Å². The summed E-state index contributed by atoms with van der Waals surface area (Å²) in [7, 11) is 6.32. The number of halogens is 1. The van der Waals surface area contributed by atoms with Gasteiger partial charge in [0.1, 0.15) is 24.7 Å². The van der Waals surface area contributed by atoms with E-state index in [4.69, 9.17) is 57.4 Å². The number of hydrogen-bond donors (Lipinski definition) is 2. The SMILES string of the molecule is COCCOCCOCCOc1ccccc1-c1cc(C=NC2CCCCC2N=Cc2cc(-c3ccccc3OCCOCCOCCOC)cc(OC)c2O)c(O)c(OC)c1.[Cl-].[Mn+2]. The molecule has 14 nitrogen and oxygen atoms in total. The second-order valence-electron chi connectivity index (χ2n) is 14.3. The first-order valence-corrected chi connectivity index (χ1v) is 21.1. The van der Waals surface area contributed by atoms with Gasteiger partial charge in [-0.05, 0) is 60.4 Å². The van der Waals surface area contributed by atoms with Gasteiger partial charge in [-0.25, -0.2) is 0 Å². The van der Waals surface area contributed by atoms with Crippen molar-refractivity contribution in [3.05, 3.63) is 83.9 Å². The zero-order valence-electron chi connectivity index (χ0n) is 37.2. The molecule has 0 aromatic heterocycles. The molecule has 0 spiro atoms. The summed E-state index contributed by atoms with van der Waals surface area (Å²) in [5.41, 5.74) is 4.28. The van der Waals surface area contributed by atoms with E-state index < -0.39 is 0 Å². The third-order valence-corrected chi connectivity index (χ3v) is 10.1. The Balaban J connectivity index is 0.00000544. The van der Waals surface area contributed by atoms with Gasteiger partial charge in [-0.3, -0.25) is 9.98 Å². The van der Waals surface area contributed by atoms with Crippen LogP contribution in [0.1, 0.15) is 36.8 Å². The van der Waals surface area contributed by atoms with Gasteiger partial charge in [0.05, 0.1) is 92.4 Å². The van der Waals surface area contributed by atoms with Crippen LogP contribution in [-0.2, 0) is 45.5 Å². The molecule has 1 fully saturated rings. The molecule has 0 bridgehead atoms. The molecule has 16 heteroatoms. The summed E-state index contributed by atoms with van der Waals surface area (Å²) in [6.07, 6.45) is 7.03. The molecule has 349 valence electrons. The van der Waals surface area contributed by atoms with Crippen molar-refractivity contribution in [1.82, 2.24) is 0 Å². The molecule has 2 unspecified atom stereocenters. The molecule has 1 saturated carbocycles. The van der Waals surface area contributed by atoms with E-state index in [0.717, 1.165) is 47.9 Å². The monoisotopic (exact) mass is 948 g/mol. The van der Waals surface area contributed by atoms with Crippen LogP contribution < -0.4 is 31.4 Å². The van der Waals surface area contributed by atoms with Crippen molar-refractivity contribution in [3.8, 4) is 56.8 Å². The first-order valence-electron chi connectivity index (χ1n) is 21.1. The van der Waals surface area contributed by atoms with Crippen LogP contribution in [0.5, 0.6) is 34.5 Å². The normalized spacial score (nSPS) is 14.9. The summed E-state index contributed by atoms with van der Waals surface area (Å²) in [4.78, 5) is 9.99. The van der Waals surface area contributed by atoms with E-state index in [1.54, 1.807) is 38.8 Å². The summed E-state index contributed by atoms with van der Waals surface area (Å²) in [5, 5.41) is 22.5. The second-order valence-corrected chi connectivity index (χ2v) is 14.3. The molecule has 0 aliphatic heterocycles. The first-order chi connectivity index (χ1) is 30.5. The summed E-state index contributed by atoms with van der Waals surface area (Å²) in [5.74, 6) is 1.96. The van der Waals surface area contributed by atoms with Crippen molar-refractivity contribution in [2.24, 2.45) is 9.98 Å². The van der Waals surface area contributed by atoms with E-state index in [0.29, 0.717) is 113 Å². The number of aliphatic imine (C=N–C) groups is 2. The van der Waals surface area contributed by atoms with Gasteiger partial charge in [-0.2, -0.15) is 0 Å². The van der Waals surface area contributed by atoms with Crippen molar-refractivity contribution in [2.45, 2.75) is 37.8 Å². The van der Waals surface area contributed by atoms with E-state index in [1.165, 1.54) is 14.2 Å². The minimum Gasteiger partial charge on any atom is -1.00 e. The van der Waals surface area contributed by atoms with Crippen LogP contribution in [-0.4, -0.2) is 142 Å². The van der Waals surface area contributed by atoms with Crippen molar-refractivity contribution in [1.29, 1.82) is 0 Å². The maximum Gasteiger partial charge on any atom is 2.00 e. The molecule has 1 aliphatic carbocycles. The Labute approximate surface area is 394 Å². The first kappa shape index (κ1) is 53.9. The number of nitrogens with zero attached hydrogens (tertiary/aromatic N) is 2. The number of phenolic OH excluding ortho intramolecular Hbond substituents is 2. The molecule has 5 rings (SSSR count). The quantitative estimate of drug-likeness (QED) is 0.0471. The molecular weight excluding hydrogens is 887 g/mol. The predicted molar refractivity (Wildman–Crippen MR) is 239 cm³/mol. The van der Waals surface area contributed by atoms with Crippen LogP contribution >= 0.6 is 0 Å². The van der Waals surface area contributed by atoms with Crippen LogP contribution in [0.3, 0.4) is 0 Å². The van der Waals surface area contributed by atoms with Crippen LogP contribution in [0.15, 0.2) is 82.8 Å². The fourth-order valence-electron chi connectivity index (χ4n) is 6.88. The summed E-state index contributed by atoms with van der Waals surface area (Å²) >= 11 is 0. The number of aromatic hydroxyl groups is 2. The number of hydrogen-bond acceptors (Lipinski definition) is 14. The number of ether oxygens (including phenoxy) is 10. The Morgan fingerprint density at radius 1 is 0.500 bits per heavy atom. The number of benzene rings is 4. The molecule has 0 heterocycles. The smallest absolute Gasteiger partial charge is 1.00 e. The molecule has 0 amide bonds. The van der Waals surface area contributed by atoms with Crippen molar-refractivity contribution in [3.63, 3.8) is 0 Å². The van der Waals surface area contributed by atoms with Gasteiger partial charge in [-0.15, -0.1) is 0 Å². The zero-order chi connectivity index (χ0) is 43.8. The molecule has 1 aliphatic rings. The Hall–Kier alpha value is -4.41. The fourth-order valence-corrected chi connectivity index (χ4v) is 6.88. The van der Waals surface area contributed by atoms with Crippen LogP contribution in [0.4, 0.5) is 0 Å². The molecule has 2 atom stereocenters. The minimum absolute atomic E-state index is 0. The van der Waals surface area contributed by atoms with Gasteiger partial charge in [-0.1, -0.05) is 49.2 Å². The topological polar surface area (TPSA) is 157 Å². The van der Waals surface area contributed by atoms with Gasteiger partial charge in [0.2, 0.25) is 0 Å². The van der Waals surface area contributed by atoms with Crippen molar-refractivity contribution in [2.75, 3.05) is 108 Å². The Morgan fingerprint density at radius 3 is 1.23 bits per heavy atom.